The number of hydrogen-bond donors (Lipinski definition) is 2. The number of pyridine rings is 1. The Morgan fingerprint density at radius 2 is 2.04 bits per heavy atom. The van der Waals surface area contributed by atoms with E-state index >= 15 is 0 Å². The summed E-state index contributed by atoms with van der Waals surface area (Å²) in [6, 6.07) is 9.27. The number of halogens is 1. The summed E-state index contributed by atoms with van der Waals surface area (Å²) >= 11 is 6.11. The largest absolute Gasteiger partial charge is 0.352 e. The van der Waals surface area contributed by atoms with Crippen LogP contribution in [0.4, 0.5) is 11.5 Å². The van der Waals surface area contributed by atoms with Gasteiger partial charge in [-0.1, -0.05) is 17.7 Å². The van der Waals surface area contributed by atoms with Crippen molar-refractivity contribution in [1.82, 2.24) is 15.2 Å². The van der Waals surface area contributed by atoms with Crippen LogP contribution >= 0.6 is 11.6 Å². The lowest BCUT2D eigenvalue weighted by molar-refractivity contribution is 0.0952. The molecule has 6 heteroatoms. The molecule has 0 saturated carbocycles. The Morgan fingerprint density at radius 3 is 2.67 bits per heavy atom. The third-order valence-corrected chi connectivity index (χ3v) is 3.94. The van der Waals surface area contributed by atoms with E-state index in [0.29, 0.717) is 22.9 Å². The van der Waals surface area contributed by atoms with Crippen molar-refractivity contribution in [2.75, 3.05) is 32.5 Å². The first-order chi connectivity index (χ1) is 11.5. The summed E-state index contributed by atoms with van der Waals surface area (Å²) in [7, 11) is 4.03. The van der Waals surface area contributed by atoms with Crippen molar-refractivity contribution in [2.45, 2.75) is 13.3 Å². The summed E-state index contributed by atoms with van der Waals surface area (Å²) in [5, 5.41) is 6.77. The van der Waals surface area contributed by atoms with Crippen LogP contribution in [0.1, 0.15) is 22.3 Å². The molecule has 2 aromatic rings. The highest BCUT2D eigenvalue weighted by molar-refractivity contribution is 6.31. The predicted molar refractivity (Wildman–Crippen MR) is 99.2 cm³/mol. The van der Waals surface area contributed by atoms with Gasteiger partial charge in [-0.2, -0.15) is 0 Å². The maximum absolute atomic E-state index is 12.0. The summed E-state index contributed by atoms with van der Waals surface area (Å²) in [6.07, 6.45) is 2.49. The fourth-order valence-electron chi connectivity index (χ4n) is 2.12. The molecule has 128 valence electrons. The third kappa shape index (κ3) is 5.51. The number of aryl methyl sites for hydroxylation is 1. The van der Waals surface area contributed by atoms with Crippen LogP contribution in [0.3, 0.4) is 0 Å². The zero-order valence-electron chi connectivity index (χ0n) is 14.3. The molecule has 0 aliphatic heterocycles. The lowest BCUT2D eigenvalue weighted by atomic mass is 10.2. The number of carbonyl (C=O) groups is 1. The molecule has 5 nitrogen and oxygen atoms in total. The highest BCUT2D eigenvalue weighted by Crippen LogP contribution is 2.22. The number of amides is 1. The van der Waals surface area contributed by atoms with E-state index in [1.165, 1.54) is 0 Å². The summed E-state index contributed by atoms with van der Waals surface area (Å²) in [5.74, 6) is 0.560. The molecule has 2 N–H and O–H groups in total. The van der Waals surface area contributed by atoms with Crippen LogP contribution in [0.15, 0.2) is 36.5 Å². The van der Waals surface area contributed by atoms with Gasteiger partial charge in [0.1, 0.15) is 5.82 Å². The van der Waals surface area contributed by atoms with Gasteiger partial charge in [-0.3, -0.25) is 4.79 Å². The van der Waals surface area contributed by atoms with Crippen LogP contribution in [0, 0.1) is 6.92 Å². The monoisotopic (exact) mass is 346 g/mol. The van der Waals surface area contributed by atoms with E-state index < -0.39 is 0 Å². The van der Waals surface area contributed by atoms with Gasteiger partial charge in [-0.25, -0.2) is 4.98 Å². The lowest BCUT2D eigenvalue weighted by Gasteiger charge is -2.10. The zero-order valence-corrected chi connectivity index (χ0v) is 15.0. The van der Waals surface area contributed by atoms with E-state index in [-0.39, 0.29) is 5.91 Å². The number of rotatable bonds is 7. The number of nitrogens with zero attached hydrogens (tertiary/aromatic N) is 2. The second-order valence-electron chi connectivity index (χ2n) is 5.93. The van der Waals surface area contributed by atoms with E-state index in [9.17, 15) is 4.79 Å². The topological polar surface area (TPSA) is 57.3 Å². The normalized spacial score (nSPS) is 10.7. The van der Waals surface area contributed by atoms with Crippen molar-refractivity contribution >= 4 is 29.0 Å². The van der Waals surface area contributed by atoms with Crippen molar-refractivity contribution in [3.63, 3.8) is 0 Å². The van der Waals surface area contributed by atoms with Gasteiger partial charge in [0.2, 0.25) is 0 Å². The van der Waals surface area contributed by atoms with Gasteiger partial charge in [0.05, 0.1) is 5.56 Å². The molecule has 0 aliphatic carbocycles. The van der Waals surface area contributed by atoms with Crippen molar-refractivity contribution in [3.8, 4) is 0 Å². The van der Waals surface area contributed by atoms with E-state index in [1.54, 1.807) is 18.3 Å². The molecule has 1 aromatic heterocycles. The van der Waals surface area contributed by atoms with Crippen molar-refractivity contribution in [1.29, 1.82) is 0 Å². The number of anilines is 2. The van der Waals surface area contributed by atoms with Gasteiger partial charge in [-0.05, 0) is 63.8 Å². The minimum Gasteiger partial charge on any atom is -0.352 e. The summed E-state index contributed by atoms with van der Waals surface area (Å²) in [4.78, 5) is 18.4. The van der Waals surface area contributed by atoms with Crippen LogP contribution in [0.5, 0.6) is 0 Å². The Balaban J connectivity index is 1.90. The third-order valence-electron chi connectivity index (χ3n) is 3.54. The Kier molecular flexibility index (Phi) is 6.58. The molecule has 0 saturated heterocycles. The second kappa shape index (κ2) is 8.66. The van der Waals surface area contributed by atoms with Gasteiger partial charge in [-0.15, -0.1) is 0 Å². The summed E-state index contributed by atoms with van der Waals surface area (Å²) in [6.45, 7) is 3.55. The molecule has 0 radical (unpaired) electrons. The standard InChI is InChI=1S/C18H23ClN4O/c1-13-5-7-15(11-16(13)19)22-17-8-6-14(12-21-17)18(24)20-9-4-10-23(2)3/h5-8,11-12H,4,9-10H2,1-3H3,(H,20,24)(H,21,22). The van der Waals surface area contributed by atoms with Crippen LogP contribution in [0.2, 0.25) is 5.02 Å². The van der Waals surface area contributed by atoms with Gasteiger partial charge < -0.3 is 15.5 Å². The molecule has 0 atom stereocenters. The van der Waals surface area contributed by atoms with Crippen molar-refractivity contribution in [3.05, 3.63) is 52.7 Å². The predicted octanol–water partition coefficient (Wildman–Crippen LogP) is 3.47. The van der Waals surface area contributed by atoms with Crippen LogP contribution in [-0.2, 0) is 0 Å². The highest BCUT2D eigenvalue weighted by atomic mass is 35.5. The molecule has 0 bridgehead atoms. The maximum atomic E-state index is 12.0. The smallest absolute Gasteiger partial charge is 0.252 e. The summed E-state index contributed by atoms with van der Waals surface area (Å²) in [5.41, 5.74) is 2.43. The highest BCUT2D eigenvalue weighted by Gasteiger charge is 2.06. The number of aromatic nitrogens is 1. The van der Waals surface area contributed by atoms with Gasteiger partial charge >= 0.3 is 0 Å². The first-order valence-electron chi connectivity index (χ1n) is 7.88. The van der Waals surface area contributed by atoms with Gasteiger partial charge in [0.25, 0.3) is 5.91 Å². The van der Waals surface area contributed by atoms with E-state index in [4.69, 9.17) is 11.6 Å². The first kappa shape index (κ1) is 18.2. The van der Waals surface area contributed by atoms with Crippen LogP contribution < -0.4 is 10.6 Å². The number of nitrogens with one attached hydrogen (secondary N) is 2. The fourth-order valence-corrected chi connectivity index (χ4v) is 2.30. The molecule has 0 spiro atoms. The molecule has 1 amide bonds. The quantitative estimate of drug-likeness (QED) is 0.754. The maximum Gasteiger partial charge on any atom is 0.252 e. The molecular weight excluding hydrogens is 324 g/mol. The fraction of sp³-hybridized carbons (Fsp3) is 0.333. The van der Waals surface area contributed by atoms with Gasteiger partial charge in [0.15, 0.2) is 0 Å². The SMILES string of the molecule is Cc1ccc(Nc2ccc(C(=O)NCCCN(C)C)cn2)cc1Cl. The molecule has 1 aromatic carbocycles. The van der Waals surface area contributed by atoms with Crippen LogP contribution in [-0.4, -0.2) is 43.0 Å². The molecule has 0 unspecified atom stereocenters. The Bertz CT molecular complexity index is 686. The average molecular weight is 347 g/mol. The zero-order chi connectivity index (χ0) is 17.5. The van der Waals surface area contributed by atoms with Crippen molar-refractivity contribution < 1.29 is 4.79 Å². The lowest BCUT2D eigenvalue weighted by Crippen LogP contribution is -2.27. The molecular formula is C18H23ClN4O. The molecule has 24 heavy (non-hydrogen) atoms. The number of benzene rings is 1. The van der Waals surface area contributed by atoms with E-state index in [2.05, 4.69) is 20.5 Å². The first-order valence-corrected chi connectivity index (χ1v) is 8.25. The van der Waals surface area contributed by atoms with Crippen molar-refractivity contribution in [2.24, 2.45) is 0 Å². The molecule has 2 rings (SSSR count). The van der Waals surface area contributed by atoms with Crippen LogP contribution in [0.25, 0.3) is 0 Å². The Labute approximate surface area is 148 Å². The summed E-state index contributed by atoms with van der Waals surface area (Å²) < 4.78 is 0. The number of hydrogen-bond acceptors (Lipinski definition) is 4. The number of carbonyl (C=O) groups excluding carboxylic acids is 1. The molecule has 0 fully saturated rings. The Hall–Kier alpha value is -2.11. The average Bonchev–Trinajstić information content (AvgIpc) is 2.55. The van der Waals surface area contributed by atoms with Gasteiger partial charge in [0, 0.05) is 23.5 Å². The minimum atomic E-state index is -0.105. The van der Waals surface area contributed by atoms with E-state index in [0.717, 1.165) is 24.2 Å². The second-order valence-corrected chi connectivity index (χ2v) is 6.34. The van der Waals surface area contributed by atoms with E-state index in [1.807, 2.05) is 39.2 Å². The molecule has 0 aliphatic rings. The minimum absolute atomic E-state index is 0.105. The molecule has 1 heterocycles. The Morgan fingerprint density at radius 1 is 1.25 bits per heavy atom.